The van der Waals surface area contributed by atoms with E-state index in [0.717, 1.165) is 30.5 Å². The number of methoxy groups -OCH3 is 2. The highest BCUT2D eigenvalue weighted by molar-refractivity contribution is 7.51. The van der Waals surface area contributed by atoms with Crippen LogP contribution in [0.3, 0.4) is 0 Å². The van der Waals surface area contributed by atoms with E-state index in [0.29, 0.717) is 26.1 Å². The lowest BCUT2D eigenvalue weighted by molar-refractivity contribution is -0.124. The van der Waals surface area contributed by atoms with E-state index in [1.807, 2.05) is 23.1 Å². The lowest BCUT2D eigenvalue weighted by atomic mass is 9.99. The van der Waals surface area contributed by atoms with Crippen LogP contribution in [0.25, 0.3) is 5.31 Å². The normalized spacial score (nSPS) is 26.9. The predicted octanol–water partition coefficient (Wildman–Crippen LogP) is 3.08. The molecule has 6 nitrogen and oxygen atoms in total. The number of benzene rings is 1. The van der Waals surface area contributed by atoms with Gasteiger partial charge in [0.1, 0.15) is 0 Å². The fourth-order valence-electron chi connectivity index (χ4n) is 4.72. The Kier molecular flexibility index (Phi) is 5.08. The fourth-order valence-corrected chi connectivity index (χ4v) is 6.19. The van der Waals surface area contributed by atoms with E-state index in [9.17, 15) is 4.79 Å². The number of allylic oxidation sites excluding steroid dienone is 1. The molecule has 158 valence electrons. The molecule has 0 spiro atoms. The van der Waals surface area contributed by atoms with Crippen molar-refractivity contribution in [2.75, 3.05) is 40.4 Å². The molecule has 0 bridgehead atoms. The van der Waals surface area contributed by atoms with Crippen molar-refractivity contribution in [1.82, 2.24) is 14.7 Å². The Balaban J connectivity index is 1.40. The number of hydrogen-bond acceptors (Lipinski definition) is 5. The van der Waals surface area contributed by atoms with Crippen LogP contribution < -0.4 is 9.47 Å². The molecule has 1 amide bonds. The lowest BCUT2D eigenvalue weighted by Crippen LogP contribution is -2.60. The summed E-state index contributed by atoms with van der Waals surface area (Å²) in [6.07, 6.45) is 7.43. The number of hydrogen-bond donors (Lipinski definition) is 0. The molecule has 4 aliphatic heterocycles. The van der Waals surface area contributed by atoms with Crippen molar-refractivity contribution in [2.45, 2.75) is 25.2 Å². The average molecular weight is 425 g/mol. The SMILES string of the molecule is COc1ccc(C2=CC(=O)N3C=C(N4CCN5CCC5C4)C=C(C)C3P2)cc1OC. The molecule has 3 atom stereocenters. The van der Waals surface area contributed by atoms with Gasteiger partial charge in [0.25, 0.3) is 5.91 Å². The van der Waals surface area contributed by atoms with Gasteiger partial charge in [-0.05, 0) is 48.0 Å². The second kappa shape index (κ2) is 7.75. The van der Waals surface area contributed by atoms with E-state index in [-0.39, 0.29) is 11.7 Å². The van der Waals surface area contributed by atoms with E-state index < -0.39 is 0 Å². The van der Waals surface area contributed by atoms with Crippen LogP contribution in [0.1, 0.15) is 18.9 Å². The summed E-state index contributed by atoms with van der Waals surface area (Å²) in [5.41, 5.74) is 3.44. The Labute approximate surface area is 179 Å². The van der Waals surface area contributed by atoms with Crippen molar-refractivity contribution >= 4 is 19.8 Å². The molecular formula is C23H28N3O3P. The Morgan fingerprint density at radius 1 is 1.07 bits per heavy atom. The number of fused-ring (bicyclic) bond motifs is 2. The van der Waals surface area contributed by atoms with Gasteiger partial charge in [-0.1, -0.05) is 14.6 Å². The third-order valence-corrected chi connectivity index (χ3v) is 8.34. The van der Waals surface area contributed by atoms with Crippen molar-refractivity contribution in [3.05, 3.63) is 53.4 Å². The van der Waals surface area contributed by atoms with Crippen LogP contribution in [0.4, 0.5) is 0 Å². The highest BCUT2D eigenvalue weighted by Gasteiger charge is 2.37. The summed E-state index contributed by atoms with van der Waals surface area (Å²) in [6, 6.07) is 6.55. The van der Waals surface area contributed by atoms with Crippen molar-refractivity contribution in [2.24, 2.45) is 0 Å². The van der Waals surface area contributed by atoms with Gasteiger partial charge >= 0.3 is 0 Å². The van der Waals surface area contributed by atoms with Crippen molar-refractivity contribution in [3.8, 4) is 11.5 Å². The van der Waals surface area contributed by atoms with Crippen LogP contribution in [0.15, 0.2) is 47.8 Å². The zero-order valence-corrected chi connectivity index (χ0v) is 18.7. The van der Waals surface area contributed by atoms with Crippen molar-refractivity contribution in [3.63, 3.8) is 0 Å². The molecule has 3 unspecified atom stereocenters. The number of nitrogens with zero attached hydrogens (tertiary/aromatic N) is 3. The number of carbonyl (C=O) groups is 1. The summed E-state index contributed by atoms with van der Waals surface area (Å²) in [5, 5.41) is 1.06. The third kappa shape index (κ3) is 3.32. The lowest BCUT2D eigenvalue weighted by Gasteiger charge is -2.50. The summed E-state index contributed by atoms with van der Waals surface area (Å²) in [4.78, 5) is 20.0. The van der Waals surface area contributed by atoms with Gasteiger partial charge < -0.3 is 19.3 Å². The van der Waals surface area contributed by atoms with Crippen LogP contribution in [-0.2, 0) is 4.79 Å². The molecule has 2 fully saturated rings. The highest BCUT2D eigenvalue weighted by Crippen LogP contribution is 2.48. The van der Waals surface area contributed by atoms with Gasteiger partial charge in [0, 0.05) is 44.5 Å². The first-order valence-electron chi connectivity index (χ1n) is 10.5. The van der Waals surface area contributed by atoms with Gasteiger partial charge in [0.15, 0.2) is 11.5 Å². The standard InChI is InChI=1S/C23H28N3O3P/c1-15-10-18(25-9-8-24-7-6-17(24)13-25)14-26-22(27)12-21(30-23(15)26)16-4-5-19(28-2)20(11-16)29-3/h4-5,10-12,14,17,23,30H,6-9,13H2,1-3H3. The number of ether oxygens (including phenoxy) is 2. The number of amides is 1. The molecule has 0 radical (unpaired) electrons. The van der Waals surface area contributed by atoms with Crippen LogP contribution in [-0.4, -0.2) is 72.8 Å². The molecule has 1 aromatic rings. The third-order valence-electron chi connectivity index (χ3n) is 6.58. The summed E-state index contributed by atoms with van der Waals surface area (Å²) in [5.74, 6) is 1.53. The van der Waals surface area contributed by atoms with Crippen LogP contribution >= 0.6 is 8.58 Å². The van der Waals surface area contributed by atoms with Crippen LogP contribution in [0.5, 0.6) is 11.5 Å². The Morgan fingerprint density at radius 2 is 1.90 bits per heavy atom. The van der Waals surface area contributed by atoms with Crippen LogP contribution in [0, 0.1) is 0 Å². The van der Waals surface area contributed by atoms with E-state index in [4.69, 9.17) is 9.47 Å². The van der Waals surface area contributed by atoms with E-state index >= 15 is 0 Å². The van der Waals surface area contributed by atoms with Gasteiger partial charge in [0.05, 0.1) is 25.7 Å². The zero-order chi connectivity index (χ0) is 20.8. The fraction of sp³-hybridized carbons (Fsp3) is 0.435. The molecule has 7 heteroatoms. The molecule has 2 saturated heterocycles. The van der Waals surface area contributed by atoms with E-state index in [2.05, 4.69) is 29.0 Å². The van der Waals surface area contributed by atoms with Crippen molar-refractivity contribution < 1.29 is 14.3 Å². The Bertz CT molecular complexity index is 970. The van der Waals surface area contributed by atoms with Crippen LogP contribution in [0.2, 0.25) is 0 Å². The first-order valence-corrected chi connectivity index (χ1v) is 11.6. The smallest absolute Gasteiger partial charge is 0.252 e. The maximum atomic E-state index is 13.1. The molecule has 1 aromatic carbocycles. The predicted molar refractivity (Wildman–Crippen MR) is 120 cm³/mol. The Hall–Kier alpha value is -2.30. The monoisotopic (exact) mass is 425 g/mol. The largest absolute Gasteiger partial charge is 0.493 e. The molecule has 4 heterocycles. The minimum Gasteiger partial charge on any atom is -0.493 e. The summed E-state index contributed by atoms with van der Waals surface area (Å²) >= 11 is 0. The minimum absolute atomic E-state index is 0.0516. The molecule has 0 saturated carbocycles. The molecule has 0 aromatic heterocycles. The van der Waals surface area contributed by atoms with E-state index in [1.165, 1.54) is 24.2 Å². The maximum absolute atomic E-state index is 13.1. The van der Waals surface area contributed by atoms with Gasteiger partial charge in [0.2, 0.25) is 0 Å². The molecule has 4 aliphatic rings. The molecular weight excluding hydrogens is 397 g/mol. The number of piperazine rings is 1. The summed E-state index contributed by atoms with van der Waals surface area (Å²) < 4.78 is 10.8. The average Bonchev–Trinajstić information content (AvgIpc) is 2.74. The van der Waals surface area contributed by atoms with Gasteiger partial charge in [-0.3, -0.25) is 9.69 Å². The Morgan fingerprint density at radius 3 is 2.60 bits per heavy atom. The second-order valence-corrected chi connectivity index (χ2v) is 9.66. The topological polar surface area (TPSA) is 45.2 Å². The highest BCUT2D eigenvalue weighted by atomic mass is 31.1. The first-order chi connectivity index (χ1) is 14.6. The second-order valence-electron chi connectivity index (χ2n) is 8.29. The molecule has 0 aliphatic carbocycles. The molecule has 5 rings (SSSR count). The zero-order valence-electron chi connectivity index (χ0n) is 17.7. The minimum atomic E-state index is 0.0516. The number of rotatable bonds is 4. The number of carbonyl (C=O) groups excluding carboxylic acids is 1. The molecule has 0 N–H and O–H groups in total. The van der Waals surface area contributed by atoms with Gasteiger partial charge in [-0.25, -0.2) is 0 Å². The maximum Gasteiger partial charge on any atom is 0.252 e. The summed E-state index contributed by atoms with van der Waals surface area (Å²) in [6.45, 7) is 6.62. The summed E-state index contributed by atoms with van der Waals surface area (Å²) in [7, 11) is 3.76. The quantitative estimate of drug-likeness (QED) is 0.694. The first kappa shape index (κ1) is 19.7. The van der Waals surface area contributed by atoms with E-state index in [1.54, 1.807) is 20.3 Å². The van der Waals surface area contributed by atoms with Gasteiger partial charge in [-0.2, -0.15) is 0 Å². The molecule has 30 heavy (non-hydrogen) atoms. The van der Waals surface area contributed by atoms with Crippen molar-refractivity contribution in [1.29, 1.82) is 0 Å². The van der Waals surface area contributed by atoms with Gasteiger partial charge in [-0.15, -0.1) is 0 Å².